The molecule has 20 heavy (non-hydrogen) atoms. The summed E-state index contributed by atoms with van der Waals surface area (Å²) in [5, 5.41) is 0. The molecule has 0 fully saturated rings. The third-order valence-corrected chi connectivity index (χ3v) is 3.08. The highest BCUT2D eigenvalue weighted by molar-refractivity contribution is 5.99. The van der Waals surface area contributed by atoms with Crippen LogP contribution in [0.2, 0.25) is 0 Å². The normalized spacial score (nSPS) is 10.1. The smallest absolute Gasteiger partial charge is 0.203 e. The fourth-order valence-electron chi connectivity index (χ4n) is 1.96. The van der Waals surface area contributed by atoms with Crippen molar-refractivity contribution in [1.29, 1.82) is 0 Å². The van der Waals surface area contributed by atoms with Gasteiger partial charge in [-0.2, -0.15) is 0 Å². The molecular weight excluding hydrogens is 252 g/mol. The monoisotopic (exact) mass is 270 g/mol. The van der Waals surface area contributed by atoms with Gasteiger partial charge in [0.05, 0.1) is 12.7 Å². The number of ketones is 1. The molecule has 0 saturated carbocycles. The Morgan fingerprint density at radius 1 is 1.10 bits per heavy atom. The summed E-state index contributed by atoms with van der Waals surface area (Å²) in [6.07, 6.45) is 0.942. The molecule has 2 rings (SSSR count). The van der Waals surface area contributed by atoms with Gasteiger partial charge in [0.15, 0.2) is 6.61 Å². The third-order valence-electron chi connectivity index (χ3n) is 3.08. The van der Waals surface area contributed by atoms with Crippen molar-refractivity contribution in [3.8, 4) is 11.5 Å². The van der Waals surface area contributed by atoms with Crippen LogP contribution in [0, 0.1) is 0 Å². The highest BCUT2D eigenvalue weighted by Gasteiger charge is 2.12. The van der Waals surface area contributed by atoms with Gasteiger partial charge in [-0.1, -0.05) is 31.2 Å². The van der Waals surface area contributed by atoms with Gasteiger partial charge < -0.3 is 9.47 Å². The Kier molecular flexibility index (Phi) is 4.77. The Hall–Kier alpha value is -2.29. The van der Waals surface area contributed by atoms with E-state index in [1.165, 1.54) is 5.56 Å². The van der Waals surface area contributed by atoms with Crippen LogP contribution in [-0.4, -0.2) is 19.5 Å². The Balaban J connectivity index is 2.04. The number of aryl methyl sites for hydroxylation is 1. The first-order valence-electron chi connectivity index (χ1n) is 6.62. The zero-order chi connectivity index (χ0) is 14.4. The third kappa shape index (κ3) is 3.38. The van der Waals surface area contributed by atoms with Crippen molar-refractivity contribution in [2.75, 3.05) is 13.7 Å². The fraction of sp³-hybridized carbons (Fsp3) is 0.235. The molecule has 0 bridgehead atoms. The number of para-hydroxylation sites is 1. The maximum absolute atomic E-state index is 12.1. The van der Waals surface area contributed by atoms with Crippen molar-refractivity contribution in [2.45, 2.75) is 13.3 Å². The van der Waals surface area contributed by atoms with Crippen LogP contribution in [0.3, 0.4) is 0 Å². The number of carbonyl (C=O) groups is 1. The summed E-state index contributed by atoms with van der Waals surface area (Å²) in [5.74, 6) is 1.19. The van der Waals surface area contributed by atoms with Crippen molar-refractivity contribution in [3.05, 3.63) is 59.7 Å². The number of ether oxygens (including phenoxy) is 2. The minimum atomic E-state index is -0.0932. The average molecular weight is 270 g/mol. The van der Waals surface area contributed by atoms with Crippen LogP contribution < -0.4 is 9.47 Å². The first-order valence-corrected chi connectivity index (χ1v) is 6.62. The molecule has 0 N–H and O–H groups in total. The van der Waals surface area contributed by atoms with E-state index < -0.39 is 0 Å². The van der Waals surface area contributed by atoms with Gasteiger partial charge in [0.25, 0.3) is 0 Å². The maximum Gasteiger partial charge on any atom is 0.203 e. The standard InChI is InChI=1S/C17H18O3/c1-3-13-7-6-8-14(11-13)20-12-16(18)15-9-4-5-10-17(15)19-2/h4-11H,3,12H2,1-2H3. The van der Waals surface area contributed by atoms with Gasteiger partial charge >= 0.3 is 0 Å². The lowest BCUT2D eigenvalue weighted by molar-refractivity contribution is 0.0918. The second-order valence-corrected chi connectivity index (χ2v) is 4.41. The van der Waals surface area contributed by atoms with Crippen molar-refractivity contribution in [1.82, 2.24) is 0 Å². The van der Waals surface area contributed by atoms with Crippen LogP contribution in [-0.2, 0) is 6.42 Å². The van der Waals surface area contributed by atoms with Crippen LogP contribution >= 0.6 is 0 Å². The molecule has 0 heterocycles. The van der Waals surface area contributed by atoms with E-state index in [4.69, 9.17) is 9.47 Å². The summed E-state index contributed by atoms with van der Waals surface area (Å²) in [4.78, 5) is 12.1. The number of carbonyl (C=O) groups excluding carboxylic acids is 1. The second-order valence-electron chi connectivity index (χ2n) is 4.41. The van der Waals surface area contributed by atoms with Crippen molar-refractivity contribution in [2.24, 2.45) is 0 Å². The molecule has 0 radical (unpaired) electrons. The van der Waals surface area contributed by atoms with E-state index in [0.29, 0.717) is 17.1 Å². The largest absolute Gasteiger partial charge is 0.496 e. The molecule has 0 atom stereocenters. The Labute approximate surface area is 119 Å². The summed E-state index contributed by atoms with van der Waals surface area (Å²) < 4.78 is 10.7. The lowest BCUT2D eigenvalue weighted by Crippen LogP contribution is -2.12. The molecule has 0 aliphatic carbocycles. The molecule has 0 aliphatic rings. The van der Waals surface area contributed by atoms with Gasteiger partial charge in [-0.3, -0.25) is 4.79 Å². The number of benzene rings is 2. The number of rotatable bonds is 6. The van der Waals surface area contributed by atoms with E-state index in [0.717, 1.165) is 6.42 Å². The number of hydrogen-bond acceptors (Lipinski definition) is 3. The van der Waals surface area contributed by atoms with E-state index in [9.17, 15) is 4.79 Å². The van der Waals surface area contributed by atoms with Gasteiger partial charge in [0, 0.05) is 0 Å². The minimum absolute atomic E-state index is 0.00748. The Bertz CT molecular complexity index is 590. The van der Waals surface area contributed by atoms with Gasteiger partial charge in [-0.25, -0.2) is 0 Å². The second kappa shape index (κ2) is 6.75. The lowest BCUT2D eigenvalue weighted by atomic mass is 10.1. The molecule has 0 aromatic heterocycles. The quantitative estimate of drug-likeness (QED) is 0.753. The van der Waals surface area contributed by atoms with Crippen LogP contribution in [0.25, 0.3) is 0 Å². The van der Waals surface area contributed by atoms with Crippen LogP contribution in [0.1, 0.15) is 22.8 Å². The molecule has 2 aromatic carbocycles. The predicted octanol–water partition coefficient (Wildman–Crippen LogP) is 3.52. The average Bonchev–Trinajstić information content (AvgIpc) is 2.52. The Morgan fingerprint density at radius 3 is 2.65 bits per heavy atom. The highest BCUT2D eigenvalue weighted by atomic mass is 16.5. The topological polar surface area (TPSA) is 35.5 Å². The predicted molar refractivity (Wildman–Crippen MR) is 78.6 cm³/mol. The van der Waals surface area contributed by atoms with E-state index in [2.05, 4.69) is 6.92 Å². The molecular formula is C17H18O3. The van der Waals surface area contributed by atoms with E-state index in [1.54, 1.807) is 19.2 Å². The van der Waals surface area contributed by atoms with Crippen molar-refractivity contribution in [3.63, 3.8) is 0 Å². The van der Waals surface area contributed by atoms with Gasteiger partial charge in [0.1, 0.15) is 11.5 Å². The molecule has 0 unspecified atom stereocenters. The summed E-state index contributed by atoms with van der Waals surface area (Å²) in [5.41, 5.74) is 1.73. The van der Waals surface area contributed by atoms with Crippen molar-refractivity contribution < 1.29 is 14.3 Å². The Morgan fingerprint density at radius 2 is 1.90 bits per heavy atom. The van der Waals surface area contributed by atoms with Crippen LogP contribution in [0.5, 0.6) is 11.5 Å². The molecule has 104 valence electrons. The van der Waals surface area contributed by atoms with Gasteiger partial charge in [-0.05, 0) is 36.2 Å². The SMILES string of the molecule is CCc1cccc(OCC(=O)c2ccccc2OC)c1. The zero-order valence-corrected chi connectivity index (χ0v) is 11.8. The van der Waals surface area contributed by atoms with E-state index in [-0.39, 0.29) is 12.4 Å². The fourth-order valence-corrected chi connectivity index (χ4v) is 1.96. The van der Waals surface area contributed by atoms with Gasteiger partial charge in [-0.15, -0.1) is 0 Å². The van der Waals surface area contributed by atoms with Gasteiger partial charge in [0.2, 0.25) is 5.78 Å². The van der Waals surface area contributed by atoms with Crippen LogP contribution in [0.4, 0.5) is 0 Å². The summed E-state index contributed by atoms with van der Waals surface area (Å²) in [6.45, 7) is 2.09. The number of methoxy groups -OCH3 is 1. The number of hydrogen-bond donors (Lipinski definition) is 0. The molecule has 0 saturated heterocycles. The van der Waals surface area contributed by atoms with E-state index >= 15 is 0 Å². The molecule has 0 amide bonds. The summed E-state index contributed by atoms with van der Waals surface area (Å²) >= 11 is 0. The first kappa shape index (κ1) is 14.1. The molecule has 0 aliphatic heterocycles. The number of Topliss-reactive ketones (excluding diaryl/α,β-unsaturated/α-hetero) is 1. The molecule has 3 nitrogen and oxygen atoms in total. The van der Waals surface area contributed by atoms with Crippen molar-refractivity contribution >= 4 is 5.78 Å². The summed E-state index contributed by atoms with van der Waals surface area (Å²) in [6, 6.07) is 14.9. The van der Waals surface area contributed by atoms with E-state index in [1.807, 2.05) is 36.4 Å². The molecule has 0 spiro atoms. The highest BCUT2D eigenvalue weighted by Crippen LogP contribution is 2.19. The zero-order valence-electron chi connectivity index (χ0n) is 11.8. The lowest BCUT2D eigenvalue weighted by Gasteiger charge is -2.09. The maximum atomic E-state index is 12.1. The first-order chi connectivity index (χ1) is 9.74. The summed E-state index contributed by atoms with van der Waals surface area (Å²) in [7, 11) is 1.55. The molecule has 3 heteroatoms. The molecule has 2 aromatic rings. The minimum Gasteiger partial charge on any atom is -0.496 e. The van der Waals surface area contributed by atoms with Crippen LogP contribution in [0.15, 0.2) is 48.5 Å².